The first kappa shape index (κ1) is 22.7. The van der Waals surface area contributed by atoms with Crippen LogP contribution in [0.2, 0.25) is 0 Å². The Labute approximate surface area is 173 Å². The number of ether oxygens (including phenoxy) is 1. The number of hydrogen-bond acceptors (Lipinski definition) is 4. The van der Waals surface area contributed by atoms with Gasteiger partial charge in [0.1, 0.15) is 18.4 Å². The SMILES string of the molecule is C[C@@H](C(=O)NCCOc1ccc(C(C)(C)C)cc1)N(c1ccccc1)S(C)(=O)=O. The molecule has 158 valence electrons. The van der Waals surface area contributed by atoms with Crippen LogP contribution in [-0.4, -0.2) is 39.8 Å². The van der Waals surface area contributed by atoms with Crippen LogP contribution in [0.4, 0.5) is 5.69 Å². The van der Waals surface area contributed by atoms with Crippen molar-refractivity contribution in [1.82, 2.24) is 5.32 Å². The second-order valence-corrected chi connectivity index (χ2v) is 9.84. The average Bonchev–Trinajstić information content (AvgIpc) is 2.64. The van der Waals surface area contributed by atoms with E-state index in [9.17, 15) is 13.2 Å². The number of hydrogen-bond donors (Lipinski definition) is 1. The van der Waals surface area contributed by atoms with Crippen LogP contribution in [0.1, 0.15) is 33.3 Å². The molecule has 0 aliphatic heterocycles. The van der Waals surface area contributed by atoms with Crippen LogP contribution in [0.15, 0.2) is 54.6 Å². The summed E-state index contributed by atoms with van der Waals surface area (Å²) in [4.78, 5) is 12.5. The Morgan fingerprint density at radius 3 is 2.17 bits per heavy atom. The lowest BCUT2D eigenvalue weighted by molar-refractivity contribution is -0.121. The van der Waals surface area contributed by atoms with Crippen LogP contribution in [0.3, 0.4) is 0 Å². The van der Waals surface area contributed by atoms with Gasteiger partial charge in [-0.15, -0.1) is 0 Å². The molecule has 0 fully saturated rings. The van der Waals surface area contributed by atoms with Crippen LogP contribution in [0.25, 0.3) is 0 Å². The number of sulfonamides is 1. The topological polar surface area (TPSA) is 75.7 Å². The molecule has 0 aliphatic rings. The number of amides is 1. The maximum absolute atomic E-state index is 12.5. The molecule has 0 heterocycles. The number of carbonyl (C=O) groups is 1. The van der Waals surface area contributed by atoms with Gasteiger partial charge in [0.25, 0.3) is 0 Å². The van der Waals surface area contributed by atoms with E-state index in [1.807, 2.05) is 24.3 Å². The zero-order valence-electron chi connectivity index (χ0n) is 17.7. The summed E-state index contributed by atoms with van der Waals surface area (Å²) in [5.41, 5.74) is 1.74. The van der Waals surface area contributed by atoms with Gasteiger partial charge in [-0.3, -0.25) is 9.10 Å². The minimum Gasteiger partial charge on any atom is -0.492 e. The van der Waals surface area contributed by atoms with E-state index in [1.54, 1.807) is 37.3 Å². The molecule has 1 N–H and O–H groups in total. The van der Waals surface area contributed by atoms with Crippen LogP contribution < -0.4 is 14.4 Å². The minimum atomic E-state index is -3.61. The largest absolute Gasteiger partial charge is 0.492 e. The maximum atomic E-state index is 12.5. The molecule has 7 heteroatoms. The summed E-state index contributed by atoms with van der Waals surface area (Å²) in [6.07, 6.45) is 1.09. The lowest BCUT2D eigenvalue weighted by atomic mass is 9.87. The zero-order valence-corrected chi connectivity index (χ0v) is 18.5. The van der Waals surface area contributed by atoms with Crippen molar-refractivity contribution in [2.24, 2.45) is 0 Å². The molecule has 2 aromatic rings. The standard InChI is InChI=1S/C22H30N2O4S/c1-17(24(29(5,26)27)19-9-7-6-8-10-19)21(25)23-15-16-28-20-13-11-18(12-14-20)22(2,3)4/h6-14,17H,15-16H2,1-5H3,(H,23,25)/t17-/m0/s1. The molecular formula is C22H30N2O4S. The van der Waals surface area contributed by atoms with Crippen molar-refractivity contribution in [3.8, 4) is 5.75 Å². The van der Waals surface area contributed by atoms with E-state index in [-0.39, 0.29) is 24.5 Å². The zero-order chi connectivity index (χ0) is 21.7. The molecule has 0 bridgehead atoms. The second-order valence-electron chi connectivity index (χ2n) is 7.98. The summed E-state index contributed by atoms with van der Waals surface area (Å²) < 4.78 is 31.2. The number of carbonyl (C=O) groups excluding carboxylic acids is 1. The van der Waals surface area contributed by atoms with Gasteiger partial charge in [-0.05, 0) is 42.2 Å². The van der Waals surface area contributed by atoms with Crippen LogP contribution in [0, 0.1) is 0 Å². The molecule has 2 rings (SSSR count). The fraction of sp³-hybridized carbons (Fsp3) is 0.409. The summed E-state index contributed by atoms with van der Waals surface area (Å²) >= 11 is 0. The van der Waals surface area contributed by atoms with Crippen molar-refractivity contribution in [1.29, 1.82) is 0 Å². The smallest absolute Gasteiger partial charge is 0.243 e. The van der Waals surface area contributed by atoms with Gasteiger partial charge >= 0.3 is 0 Å². The number of anilines is 1. The molecule has 29 heavy (non-hydrogen) atoms. The second kappa shape index (κ2) is 9.31. The van der Waals surface area contributed by atoms with E-state index in [0.29, 0.717) is 5.69 Å². The van der Waals surface area contributed by atoms with E-state index >= 15 is 0 Å². The number of benzene rings is 2. The third kappa shape index (κ3) is 6.49. The van der Waals surface area contributed by atoms with E-state index in [0.717, 1.165) is 16.3 Å². The van der Waals surface area contributed by atoms with E-state index in [4.69, 9.17) is 4.74 Å². The first-order valence-corrected chi connectivity index (χ1v) is 11.4. The number of nitrogens with one attached hydrogen (secondary N) is 1. The summed E-state index contributed by atoms with van der Waals surface area (Å²) in [7, 11) is -3.61. The van der Waals surface area contributed by atoms with Gasteiger partial charge in [-0.25, -0.2) is 8.42 Å². The molecule has 2 aromatic carbocycles. The summed E-state index contributed by atoms with van der Waals surface area (Å²) in [5.74, 6) is 0.341. The normalized spacial score (nSPS) is 12.9. The van der Waals surface area contributed by atoms with Crippen molar-refractivity contribution in [2.75, 3.05) is 23.7 Å². The fourth-order valence-corrected chi connectivity index (χ4v) is 4.10. The van der Waals surface area contributed by atoms with Crippen molar-refractivity contribution in [3.05, 3.63) is 60.2 Å². The highest BCUT2D eigenvalue weighted by Crippen LogP contribution is 2.24. The molecule has 0 spiro atoms. The minimum absolute atomic E-state index is 0.0763. The number of nitrogens with zero attached hydrogens (tertiary/aromatic N) is 1. The maximum Gasteiger partial charge on any atom is 0.243 e. The molecule has 1 atom stereocenters. The molecule has 0 aromatic heterocycles. The monoisotopic (exact) mass is 418 g/mol. The highest BCUT2D eigenvalue weighted by Gasteiger charge is 2.28. The predicted molar refractivity (Wildman–Crippen MR) is 117 cm³/mol. The van der Waals surface area contributed by atoms with Gasteiger partial charge in [-0.2, -0.15) is 0 Å². The molecule has 0 saturated heterocycles. The third-order valence-corrected chi connectivity index (χ3v) is 5.73. The molecule has 6 nitrogen and oxygen atoms in total. The van der Waals surface area contributed by atoms with Crippen molar-refractivity contribution in [3.63, 3.8) is 0 Å². The molecule has 0 aliphatic carbocycles. The molecule has 1 amide bonds. The van der Waals surface area contributed by atoms with E-state index in [2.05, 4.69) is 26.1 Å². The van der Waals surface area contributed by atoms with Gasteiger partial charge in [-0.1, -0.05) is 51.1 Å². The van der Waals surface area contributed by atoms with Gasteiger partial charge in [0.2, 0.25) is 15.9 Å². The van der Waals surface area contributed by atoms with Gasteiger partial charge < -0.3 is 10.1 Å². The van der Waals surface area contributed by atoms with E-state index in [1.165, 1.54) is 5.56 Å². The highest BCUT2D eigenvalue weighted by molar-refractivity contribution is 7.92. The quantitative estimate of drug-likeness (QED) is 0.667. The van der Waals surface area contributed by atoms with E-state index < -0.39 is 16.1 Å². The fourth-order valence-electron chi connectivity index (χ4n) is 2.93. The third-order valence-electron chi connectivity index (χ3n) is 4.49. The first-order valence-electron chi connectivity index (χ1n) is 9.55. The Balaban J connectivity index is 1.91. The lowest BCUT2D eigenvalue weighted by Gasteiger charge is -2.28. The van der Waals surface area contributed by atoms with Crippen molar-refractivity contribution >= 4 is 21.6 Å². The summed E-state index contributed by atoms with van der Waals surface area (Å²) in [5, 5.41) is 2.74. The predicted octanol–water partition coefficient (Wildman–Crippen LogP) is 3.33. The van der Waals surface area contributed by atoms with Gasteiger partial charge in [0.05, 0.1) is 18.5 Å². The number of rotatable bonds is 8. The number of para-hydroxylation sites is 1. The van der Waals surface area contributed by atoms with Gasteiger partial charge in [0, 0.05) is 0 Å². The molecule has 0 unspecified atom stereocenters. The first-order chi connectivity index (χ1) is 13.5. The summed E-state index contributed by atoms with van der Waals surface area (Å²) in [6.45, 7) is 8.57. The van der Waals surface area contributed by atoms with Crippen molar-refractivity contribution < 1.29 is 17.9 Å². The molecule has 0 radical (unpaired) electrons. The van der Waals surface area contributed by atoms with Crippen molar-refractivity contribution in [2.45, 2.75) is 39.2 Å². The Bertz CT molecular complexity index is 904. The molecule has 0 saturated carbocycles. The Hall–Kier alpha value is -2.54. The van der Waals surface area contributed by atoms with Crippen LogP contribution in [0.5, 0.6) is 5.75 Å². The van der Waals surface area contributed by atoms with Crippen LogP contribution in [-0.2, 0) is 20.2 Å². The van der Waals surface area contributed by atoms with Crippen LogP contribution >= 0.6 is 0 Å². The van der Waals surface area contributed by atoms with Gasteiger partial charge in [0.15, 0.2) is 0 Å². The average molecular weight is 419 g/mol. The Kier molecular flexibility index (Phi) is 7.30. The Morgan fingerprint density at radius 1 is 1.07 bits per heavy atom. The summed E-state index contributed by atoms with van der Waals surface area (Å²) in [6, 6.07) is 15.6. The Morgan fingerprint density at radius 2 is 1.66 bits per heavy atom. The highest BCUT2D eigenvalue weighted by atomic mass is 32.2. The lowest BCUT2D eigenvalue weighted by Crippen LogP contribution is -2.48. The molecular weight excluding hydrogens is 388 g/mol.